The van der Waals surface area contributed by atoms with E-state index in [1.807, 2.05) is 24.3 Å². The lowest BCUT2D eigenvalue weighted by molar-refractivity contribution is 0.102. The van der Waals surface area contributed by atoms with Gasteiger partial charge in [0.05, 0.1) is 4.90 Å². The molecule has 1 amide bonds. The number of hydrogen-bond acceptors (Lipinski definition) is 3. The van der Waals surface area contributed by atoms with E-state index in [4.69, 9.17) is 0 Å². The van der Waals surface area contributed by atoms with E-state index >= 15 is 0 Å². The van der Waals surface area contributed by atoms with Crippen LogP contribution < -0.4 is 5.32 Å². The smallest absolute Gasteiger partial charge is 0.255 e. The maximum Gasteiger partial charge on any atom is 0.255 e. The quantitative estimate of drug-likeness (QED) is 0.722. The first-order valence-corrected chi connectivity index (χ1v) is 11.7. The molecule has 5 nitrogen and oxygen atoms in total. The van der Waals surface area contributed by atoms with Gasteiger partial charge in [0.2, 0.25) is 10.0 Å². The Bertz CT molecular complexity index is 964. The van der Waals surface area contributed by atoms with E-state index in [9.17, 15) is 13.2 Å². The van der Waals surface area contributed by atoms with Crippen LogP contribution in [0, 0.1) is 0 Å². The zero-order valence-corrected chi connectivity index (χ0v) is 18.2. The predicted octanol–water partition coefficient (Wildman–Crippen LogP) is 5.02. The molecule has 2 aromatic carbocycles. The minimum Gasteiger partial charge on any atom is -0.322 e. The summed E-state index contributed by atoms with van der Waals surface area (Å²) in [7, 11) is -1.99. The van der Waals surface area contributed by atoms with Crippen LogP contribution in [0.4, 0.5) is 5.69 Å². The van der Waals surface area contributed by atoms with Crippen LogP contribution in [0.2, 0.25) is 0 Å². The first kappa shape index (κ1) is 21.5. The largest absolute Gasteiger partial charge is 0.322 e. The van der Waals surface area contributed by atoms with E-state index in [0.29, 0.717) is 5.56 Å². The van der Waals surface area contributed by atoms with Crippen LogP contribution in [-0.2, 0) is 10.0 Å². The molecule has 1 aliphatic rings. The summed E-state index contributed by atoms with van der Waals surface area (Å²) in [4.78, 5) is 13.0. The van der Waals surface area contributed by atoms with Gasteiger partial charge in [-0.3, -0.25) is 4.79 Å². The first-order valence-electron chi connectivity index (χ1n) is 10.3. The second-order valence-corrected chi connectivity index (χ2v) is 10.0. The fourth-order valence-electron chi connectivity index (χ4n) is 3.91. The average Bonchev–Trinajstić information content (AvgIpc) is 2.74. The Kier molecular flexibility index (Phi) is 6.75. The number of anilines is 1. The summed E-state index contributed by atoms with van der Waals surface area (Å²) in [6.45, 7) is 4.14. The van der Waals surface area contributed by atoms with E-state index in [-0.39, 0.29) is 22.8 Å². The van der Waals surface area contributed by atoms with E-state index in [0.717, 1.165) is 43.4 Å². The number of carbonyl (C=O) groups excluding carboxylic acids is 1. The molecule has 1 fully saturated rings. The third-order valence-electron chi connectivity index (χ3n) is 5.69. The average molecular weight is 415 g/mol. The first-order chi connectivity index (χ1) is 13.8. The van der Waals surface area contributed by atoms with Crippen molar-refractivity contribution < 1.29 is 13.2 Å². The molecule has 0 aliphatic heterocycles. The van der Waals surface area contributed by atoms with Gasteiger partial charge in [-0.2, -0.15) is 4.31 Å². The van der Waals surface area contributed by atoms with Crippen LogP contribution in [0.15, 0.2) is 53.4 Å². The maximum atomic E-state index is 13.1. The summed E-state index contributed by atoms with van der Waals surface area (Å²) < 4.78 is 27.7. The van der Waals surface area contributed by atoms with Crippen LogP contribution in [0.5, 0.6) is 0 Å². The minimum atomic E-state index is -3.64. The molecule has 0 saturated heterocycles. The molecule has 0 spiro atoms. The zero-order valence-electron chi connectivity index (χ0n) is 17.4. The monoisotopic (exact) mass is 414 g/mol. The van der Waals surface area contributed by atoms with Gasteiger partial charge in [0.1, 0.15) is 0 Å². The number of benzene rings is 2. The van der Waals surface area contributed by atoms with Crippen molar-refractivity contribution in [3.8, 4) is 0 Å². The molecule has 1 saturated carbocycles. The maximum absolute atomic E-state index is 13.1. The number of rotatable bonds is 6. The molecule has 0 heterocycles. The van der Waals surface area contributed by atoms with Crippen molar-refractivity contribution in [2.24, 2.45) is 0 Å². The zero-order chi connectivity index (χ0) is 21.0. The summed E-state index contributed by atoms with van der Waals surface area (Å²) in [5, 5.41) is 2.93. The SMILES string of the molecule is CC(C)c1ccccc1NC(=O)c1cccc(S(=O)(=O)N(C)C2CCCCC2)c1. The Morgan fingerprint density at radius 2 is 1.72 bits per heavy atom. The van der Waals surface area contributed by atoms with Gasteiger partial charge in [0.15, 0.2) is 0 Å². The highest BCUT2D eigenvalue weighted by Crippen LogP contribution is 2.27. The molecule has 0 aromatic heterocycles. The fourth-order valence-corrected chi connectivity index (χ4v) is 5.38. The minimum absolute atomic E-state index is 0.0316. The lowest BCUT2D eigenvalue weighted by Crippen LogP contribution is -2.38. The highest BCUT2D eigenvalue weighted by molar-refractivity contribution is 7.89. The van der Waals surface area contributed by atoms with Crippen molar-refractivity contribution in [1.29, 1.82) is 0 Å². The number of para-hydroxylation sites is 1. The van der Waals surface area contributed by atoms with Crippen molar-refractivity contribution in [2.45, 2.75) is 62.8 Å². The molecular formula is C23H30N2O3S. The molecular weight excluding hydrogens is 384 g/mol. The van der Waals surface area contributed by atoms with Gasteiger partial charge >= 0.3 is 0 Å². The lowest BCUT2D eigenvalue weighted by atomic mass is 9.96. The van der Waals surface area contributed by atoms with Crippen molar-refractivity contribution >= 4 is 21.6 Å². The Balaban J connectivity index is 1.83. The predicted molar refractivity (Wildman–Crippen MR) is 117 cm³/mol. The van der Waals surface area contributed by atoms with Crippen LogP contribution >= 0.6 is 0 Å². The molecule has 1 aliphatic carbocycles. The number of nitrogens with zero attached hydrogens (tertiary/aromatic N) is 1. The third-order valence-corrected chi connectivity index (χ3v) is 7.60. The summed E-state index contributed by atoms with van der Waals surface area (Å²) >= 11 is 0. The number of sulfonamides is 1. The summed E-state index contributed by atoms with van der Waals surface area (Å²) in [6, 6.07) is 14.0. The molecule has 2 aromatic rings. The topological polar surface area (TPSA) is 66.5 Å². The molecule has 0 bridgehead atoms. The van der Waals surface area contributed by atoms with E-state index in [2.05, 4.69) is 19.2 Å². The Morgan fingerprint density at radius 1 is 1.03 bits per heavy atom. The van der Waals surface area contributed by atoms with Crippen molar-refractivity contribution in [2.75, 3.05) is 12.4 Å². The molecule has 6 heteroatoms. The Morgan fingerprint density at radius 3 is 2.41 bits per heavy atom. The second-order valence-electron chi connectivity index (χ2n) is 8.04. The van der Waals surface area contributed by atoms with Gasteiger partial charge in [-0.15, -0.1) is 0 Å². The number of hydrogen-bond donors (Lipinski definition) is 1. The van der Waals surface area contributed by atoms with Gasteiger partial charge < -0.3 is 5.32 Å². The molecule has 0 unspecified atom stereocenters. The highest BCUT2D eigenvalue weighted by Gasteiger charge is 2.29. The molecule has 29 heavy (non-hydrogen) atoms. The summed E-state index contributed by atoms with van der Waals surface area (Å²) in [6.07, 6.45) is 5.06. The molecule has 156 valence electrons. The van der Waals surface area contributed by atoms with Crippen LogP contribution in [0.3, 0.4) is 0 Å². The van der Waals surface area contributed by atoms with Gasteiger partial charge in [-0.1, -0.05) is 57.4 Å². The van der Waals surface area contributed by atoms with Gasteiger partial charge in [-0.05, 0) is 48.6 Å². The highest BCUT2D eigenvalue weighted by atomic mass is 32.2. The molecule has 0 atom stereocenters. The van der Waals surface area contributed by atoms with Crippen LogP contribution in [0.25, 0.3) is 0 Å². The standard InChI is InChI=1S/C23H30N2O3S/c1-17(2)21-14-7-8-15-22(21)24-23(26)18-10-9-13-20(16-18)29(27,28)25(3)19-11-5-4-6-12-19/h7-10,13-17,19H,4-6,11-12H2,1-3H3,(H,24,26). The van der Waals surface area contributed by atoms with Crippen molar-refractivity contribution in [3.05, 3.63) is 59.7 Å². The molecule has 1 N–H and O–H groups in total. The van der Waals surface area contributed by atoms with Crippen molar-refractivity contribution in [3.63, 3.8) is 0 Å². The number of carbonyl (C=O) groups is 1. The van der Waals surface area contributed by atoms with E-state index in [1.54, 1.807) is 25.2 Å². The lowest BCUT2D eigenvalue weighted by Gasteiger charge is -2.30. The van der Waals surface area contributed by atoms with Crippen molar-refractivity contribution in [1.82, 2.24) is 4.31 Å². The van der Waals surface area contributed by atoms with Crippen LogP contribution in [0.1, 0.15) is 67.8 Å². The van der Waals surface area contributed by atoms with Gasteiger partial charge in [-0.25, -0.2) is 8.42 Å². The normalized spacial score (nSPS) is 15.6. The van der Waals surface area contributed by atoms with Gasteiger partial charge in [0.25, 0.3) is 5.91 Å². The number of nitrogens with one attached hydrogen (secondary N) is 1. The molecule has 3 rings (SSSR count). The van der Waals surface area contributed by atoms with Gasteiger partial charge in [0, 0.05) is 24.3 Å². The van der Waals surface area contributed by atoms with Crippen LogP contribution in [-0.4, -0.2) is 31.7 Å². The van der Waals surface area contributed by atoms with E-state index < -0.39 is 10.0 Å². The Labute approximate surface area is 174 Å². The summed E-state index contributed by atoms with van der Waals surface area (Å²) in [5.74, 6) is -0.0437. The molecule has 0 radical (unpaired) electrons. The Hall–Kier alpha value is -2.18. The van der Waals surface area contributed by atoms with E-state index in [1.165, 1.54) is 10.4 Å². The number of amides is 1. The fraction of sp³-hybridized carbons (Fsp3) is 0.435. The summed E-state index contributed by atoms with van der Waals surface area (Å²) in [5.41, 5.74) is 2.13. The third kappa shape index (κ3) is 4.87. The second kappa shape index (κ2) is 9.09.